The van der Waals surface area contributed by atoms with Crippen LogP contribution in [0.1, 0.15) is 15.9 Å². The lowest BCUT2D eigenvalue weighted by molar-refractivity contribution is -0.114. The van der Waals surface area contributed by atoms with Crippen LogP contribution in [0.4, 0.5) is 11.4 Å². The summed E-state index contributed by atoms with van der Waals surface area (Å²) in [6.45, 7) is 0.684. The number of anilines is 2. The molecule has 0 heterocycles. The van der Waals surface area contributed by atoms with Gasteiger partial charge in [0, 0.05) is 37.5 Å². The summed E-state index contributed by atoms with van der Waals surface area (Å²) in [5.41, 5.74) is 3.21. The molecule has 2 N–H and O–H groups in total. The number of nitrogens with zero attached hydrogens (tertiary/aromatic N) is 1. The third-order valence-electron chi connectivity index (χ3n) is 4.61. The second-order valence-corrected chi connectivity index (χ2v) is 7.29. The van der Waals surface area contributed by atoms with Crippen molar-refractivity contribution in [2.75, 3.05) is 37.9 Å². The molecule has 31 heavy (non-hydrogen) atoms. The summed E-state index contributed by atoms with van der Waals surface area (Å²) in [6.07, 6.45) is 0.840. The van der Waals surface area contributed by atoms with E-state index in [2.05, 4.69) is 22.8 Å². The van der Waals surface area contributed by atoms with E-state index in [0.29, 0.717) is 23.5 Å². The molecule has 0 aromatic heterocycles. The predicted octanol–water partition coefficient (Wildman–Crippen LogP) is 4.06. The van der Waals surface area contributed by atoms with Crippen LogP contribution >= 0.6 is 0 Å². The molecule has 0 bridgehead atoms. The zero-order valence-corrected chi connectivity index (χ0v) is 17.8. The van der Waals surface area contributed by atoms with Crippen LogP contribution in [0.3, 0.4) is 0 Å². The van der Waals surface area contributed by atoms with Crippen LogP contribution in [-0.4, -0.2) is 44.0 Å². The van der Waals surface area contributed by atoms with Crippen molar-refractivity contribution in [1.82, 2.24) is 4.90 Å². The molecule has 0 aliphatic rings. The maximum absolute atomic E-state index is 12.2. The lowest BCUT2D eigenvalue weighted by Crippen LogP contribution is -2.23. The first-order chi connectivity index (χ1) is 15.0. The molecule has 0 aliphatic carbocycles. The van der Waals surface area contributed by atoms with Gasteiger partial charge in [0.2, 0.25) is 5.91 Å². The van der Waals surface area contributed by atoms with E-state index in [0.717, 1.165) is 12.2 Å². The molecule has 6 heteroatoms. The maximum Gasteiger partial charge on any atom is 0.253 e. The van der Waals surface area contributed by atoms with Gasteiger partial charge in [0.25, 0.3) is 5.91 Å². The first-order valence-electron chi connectivity index (χ1n) is 10.1. The molecule has 0 atom stereocenters. The molecule has 160 valence electrons. The van der Waals surface area contributed by atoms with Crippen molar-refractivity contribution in [3.05, 3.63) is 90.0 Å². The fourth-order valence-corrected chi connectivity index (χ4v) is 2.97. The molecule has 3 rings (SSSR count). The smallest absolute Gasteiger partial charge is 0.253 e. The zero-order valence-electron chi connectivity index (χ0n) is 17.8. The van der Waals surface area contributed by atoms with Crippen LogP contribution in [0.15, 0.2) is 78.9 Å². The highest BCUT2D eigenvalue weighted by Crippen LogP contribution is 2.16. The molecule has 0 aliphatic heterocycles. The van der Waals surface area contributed by atoms with Gasteiger partial charge in [0.05, 0.1) is 13.2 Å². The van der Waals surface area contributed by atoms with Gasteiger partial charge in [-0.2, -0.15) is 0 Å². The molecule has 3 aromatic carbocycles. The molecule has 3 aromatic rings. The van der Waals surface area contributed by atoms with Crippen molar-refractivity contribution in [2.24, 2.45) is 0 Å². The molecule has 2 amide bonds. The van der Waals surface area contributed by atoms with Gasteiger partial charge in [-0.05, 0) is 48.0 Å². The minimum absolute atomic E-state index is 0.0841. The molecule has 0 unspecified atom stereocenters. The number of hydrogen-bond donors (Lipinski definition) is 2. The number of carbonyl (C=O) groups excluding carboxylic acids is 2. The van der Waals surface area contributed by atoms with Gasteiger partial charge in [0.1, 0.15) is 5.75 Å². The van der Waals surface area contributed by atoms with E-state index in [9.17, 15) is 9.59 Å². The van der Waals surface area contributed by atoms with Gasteiger partial charge < -0.3 is 20.3 Å². The molecular weight excluding hydrogens is 390 g/mol. The number of nitrogens with one attached hydrogen (secondary N) is 2. The van der Waals surface area contributed by atoms with Gasteiger partial charge >= 0.3 is 0 Å². The lowest BCUT2D eigenvalue weighted by atomic mass is 10.2. The summed E-state index contributed by atoms with van der Waals surface area (Å²) in [6, 6.07) is 24.6. The molecule has 0 spiro atoms. The van der Waals surface area contributed by atoms with Crippen LogP contribution in [0.5, 0.6) is 5.75 Å². The highest BCUT2D eigenvalue weighted by Gasteiger charge is 2.09. The van der Waals surface area contributed by atoms with E-state index in [1.807, 2.05) is 48.5 Å². The van der Waals surface area contributed by atoms with Crippen molar-refractivity contribution in [1.29, 1.82) is 0 Å². The summed E-state index contributed by atoms with van der Waals surface area (Å²) < 4.78 is 5.77. The standard InChI is InChI=1S/C25H27N3O3/c1-28(2)25(30)20-9-6-10-22(17-20)26-18-24(29)27-21-11-13-23(14-12-21)31-16-15-19-7-4-3-5-8-19/h3-14,17,26H,15-16,18H2,1-2H3,(H,27,29). The lowest BCUT2D eigenvalue weighted by Gasteiger charge is -2.12. The summed E-state index contributed by atoms with van der Waals surface area (Å²) in [7, 11) is 3.41. The van der Waals surface area contributed by atoms with Gasteiger partial charge in [-0.1, -0.05) is 36.4 Å². The first-order valence-corrected chi connectivity index (χ1v) is 10.1. The Balaban J connectivity index is 1.44. The normalized spacial score (nSPS) is 10.3. The molecule has 0 saturated carbocycles. The minimum Gasteiger partial charge on any atom is -0.493 e. The van der Waals surface area contributed by atoms with E-state index in [4.69, 9.17) is 4.74 Å². The van der Waals surface area contributed by atoms with E-state index in [1.54, 1.807) is 32.3 Å². The average molecular weight is 418 g/mol. The Labute approximate surface area is 182 Å². The number of amides is 2. The number of hydrogen-bond acceptors (Lipinski definition) is 4. The Kier molecular flexibility index (Phi) is 7.65. The fraction of sp³-hybridized carbons (Fsp3) is 0.200. The summed E-state index contributed by atoms with van der Waals surface area (Å²) >= 11 is 0. The highest BCUT2D eigenvalue weighted by molar-refractivity contribution is 5.96. The van der Waals surface area contributed by atoms with E-state index < -0.39 is 0 Å². The number of ether oxygens (including phenoxy) is 1. The third kappa shape index (κ3) is 6.89. The van der Waals surface area contributed by atoms with Crippen molar-refractivity contribution in [2.45, 2.75) is 6.42 Å². The summed E-state index contributed by atoms with van der Waals surface area (Å²) in [5.74, 6) is 0.496. The summed E-state index contributed by atoms with van der Waals surface area (Å²) in [4.78, 5) is 25.8. The zero-order chi connectivity index (χ0) is 22.1. The Morgan fingerprint density at radius 2 is 1.61 bits per heavy atom. The topological polar surface area (TPSA) is 70.7 Å². The number of carbonyl (C=O) groups is 2. The predicted molar refractivity (Wildman–Crippen MR) is 124 cm³/mol. The van der Waals surface area contributed by atoms with E-state index in [-0.39, 0.29) is 18.4 Å². The third-order valence-corrected chi connectivity index (χ3v) is 4.61. The van der Waals surface area contributed by atoms with Crippen molar-refractivity contribution < 1.29 is 14.3 Å². The molecule has 0 saturated heterocycles. The monoisotopic (exact) mass is 417 g/mol. The molecule has 0 radical (unpaired) electrons. The van der Waals surface area contributed by atoms with Crippen LogP contribution in [0.25, 0.3) is 0 Å². The molecular formula is C25H27N3O3. The van der Waals surface area contributed by atoms with Crippen molar-refractivity contribution in [3.63, 3.8) is 0 Å². The van der Waals surface area contributed by atoms with Gasteiger partial charge in [-0.25, -0.2) is 0 Å². The fourth-order valence-electron chi connectivity index (χ4n) is 2.97. The van der Waals surface area contributed by atoms with Gasteiger partial charge in [-0.15, -0.1) is 0 Å². The molecule has 6 nitrogen and oxygen atoms in total. The average Bonchev–Trinajstić information content (AvgIpc) is 2.79. The summed E-state index contributed by atoms with van der Waals surface area (Å²) in [5, 5.41) is 5.89. The highest BCUT2D eigenvalue weighted by atomic mass is 16.5. The maximum atomic E-state index is 12.2. The molecule has 0 fully saturated rings. The number of rotatable bonds is 9. The van der Waals surface area contributed by atoms with Gasteiger partial charge in [0.15, 0.2) is 0 Å². The Hall–Kier alpha value is -3.80. The van der Waals surface area contributed by atoms with Crippen LogP contribution in [-0.2, 0) is 11.2 Å². The van der Waals surface area contributed by atoms with Crippen LogP contribution in [0.2, 0.25) is 0 Å². The van der Waals surface area contributed by atoms with Crippen molar-refractivity contribution in [3.8, 4) is 5.75 Å². The minimum atomic E-state index is -0.179. The second kappa shape index (κ2) is 10.8. The Morgan fingerprint density at radius 1 is 0.871 bits per heavy atom. The quantitative estimate of drug-likeness (QED) is 0.551. The Bertz CT molecular complexity index is 1000. The van der Waals surface area contributed by atoms with Gasteiger partial charge in [-0.3, -0.25) is 9.59 Å². The first kappa shape index (κ1) is 21.9. The second-order valence-electron chi connectivity index (χ2n) is 7.29. The van der Waals surface area contributed by atoms with E-state index in [1.165, 1.54) is 10.5 Å². The van der Waals surface area contributed by atoms with E-state index >= 15 is 0 Å². The van der Waals surface area contributed by atoms with Crippen molar-refractivity contribution >= 4 is 23.2 Å². The number of benzene rings is 3. The Morgan fingerprint density at radius 3 is 2.32 bits per heavy atom. The van der Waals surface area contributed by atoms with Crippen LogP contribution in [0, 0.1) is 0 Å². The van der Waals surface area contributed by atoms with Crippen LogP contribution < -0.4 is 15.4 Å². The largest absolute Gasteiger partial charge is 0.493 e. The SMILES string of the molecule is CN(C)C(=O)c1cccc(NCC(=O)Nc2ccc(OCCc3ccccc3)cc2)c1.